The Morgan fingerprint density at radius 1 is 1.44 bits per heavy atom. The maximum absolute atomic E-state index is 11.7. The zero-order valence-corrected chi connectivity index (χ0v) is 10.4. The Morgan fingerprint density at radius 3 is 2.69 bits per heavy atom. The van der Waals surface area contributed by atoms with Gasteiger partial charge in [-0.15, -0.1) is 12.4 Å². The molecule has 0 saturated heterocycles. The molecule has 0 fully saturated rings. The summed E-state index contributed by atoms with van der Waals surface area (Å²) in [6.45, 7) is 6.21. The number of carbonyl (C=O) groups excluding carboxylic acids is 1. The van der Waals surface area contributed by atoms with E-state index in [-0.39, 0.29) is 18.5 Å². The van der Waals surface area contributed by atoms with Crippen LogP contribution in [0.3, 0.4) is 0 Å². The summed E-state index contributed by atoms with van der Waals surface area (Å²) < 4.78 is 6.71. The number of rotatable bonds is 0. The Bertz CT molecular complexity index is 430. The number of ether oxygens (including phenoxy) is 1. The molecule has 0 unspecified atom stereocenters. The van der Waals surface area contributed by atoms with Gasteiger partial charge in [-0.25, -0.2) is 4.79 Å². The average Bonchev–Trinajstić information content (AvgIpc) is 2.56. The third-order valence-corrected chi connectivity index (χ3v) is 2.04. The van der Waals surface area contributed by atoms with Crippen LogP contribution < -0.4 is 0 Å². The first kappa shape index (κ1) is 12.8. The molecule has 0 atom stereocenters. The minimum atomic E-state index is -0.458. The van der Waals surface area contributed by atoms with Gasteiger partial charge in [0.15, 0.2) is 0 Å². The first-order valence-corrected chi connectivity index (χ1v) is 4.90. The van der Waals surface area contributed by atoms with E-state index in [1.54, 1.807) is 18.6 Å². The number of hydrogen-bond acceptors (Lipinski definition) is 3. The molecule has 0 N–H and O–H groups in total. The third kappa shape index (κ3) is 2.64. The van der Waals surface area contributed by atoms with Crippen molar-refractivity contribution in [3.8, 4) is 0 Å². The molecule has 2 rings (SSSR count). The van der Waals surface area contributed by atoms with Gasteiger partial charge in [0, 0.05) is 29.7 Å². The minimum Gasteiger partial charge on any atom is -0.443 e. The van der Waals surface area contributed by atoms with Crippen molar-refractivity contribution >= 4 is 24.7 Å². The van der Waals surface area contributed by atoms with Gasteiger partial charge in [-0.1, -0.05) is 0 Å². The lowest BCUT2D eigenvalue weighted by Crippen LogP contribution is -2.26. The smallest absolute Gasteiger partial charge is 0.418 e. The molecule has 1 aliphatic heterocycles. The van der Waals surface area contributed by atoms with Crippen LogP contribution in [0.5, 0.6) is 0 Å². The highest BCUT2D eigenvalue weighted by Crippen LogP contribution is 2.17. The van der Waals surface area contributed by atoms with Crippen LogP contribution in [0, 0.1) is 0 Å². The molecule has 0 spiro atoms. The predicted octanol–water partition coefficient (Wildman–Crippen LogP) is 2.63. The Morgan fingerprint density at radius 2 is 2.12 bits per heavy atom. The van der Waals surface area contributed by atoms with E-state index in [0.29, 0.717) is 6.54 Å². The van der Waals surface area contributed by atoms with Gasteiger partial charge in [0.25, 0.3) is 0 Å². The van der Waals surface area contributed by atoms with Crippen LogP contribution in [0.15, 0.2) is 17.4 Å². The van der Waals surface area contributed by atoms with Crippen LogP contribution in [0.2, 0.25) is 0 Å². The number of nitrogens with zero attached hydrogens (tertiary/aromatic N) is 2. The van der Waals surface area contributed by atoms with Crippen LogP contribution in [-0.2, 0) is 11.3 Å². The molecule has 0 amide bonds. The summed E-state index contributed by atoms with van der Waals surface area (Å²) in [5.74, 6) is 0. The Kier molecular flexibility index (Phi) is 3.43. The van der Waals surface area contributed by atoms with Crippen molar-refractivity contribution < 1.29 is 9.53 Å². The maximum atomic E-state index is 11.7. The van der Waals surface area contributed by atoms with Crippen molar-refractivity contribution in [2.24, 2.45) is 4.99 Å². The highest BCUT2D eigenvalue weighted by Gasteiger charge is 2.19. The fraction of sp³-hybridized carbons (Fsp3) is 0.455. The number of aromatic nitrogens is 1. The zero-order valence-electron chi connectivity index (χ0n) is 9.56. The molecule has 0 saturated carbocycles. The SMILES string of the molecule is CC(C)(C)OC(=O)n1cc2c(c1)CN=C2.Cl. The van der Waals surface area contributed by atoms with Crippen molar-refractivity contribution in [1.29, 1.82) is 0 Å². The van der Waals surface area contributed by atoms with E-state index in [4.69, 9.17) is 4.74 Å². The maximum Gasteiger partial charge on any atom is 0.418 e. The molecule has 16 heavy (non-hydrogen) atoms. The second-order valence-electron chi connectivity index (χ2n) is 4.60. The molecule has 88 valence electrons. The molecule has 1 aromatic rings. The summed E-state index contributed by atoms with van der Waals surface area (Å²) in [6.07, 6.45) is 4.96. The van der Waals surface area contributed by atoms with Crippen molar-refractivity contribution in [3.63, 3.8) is 0 Å². The third-order valence-electron chi connectivity index (χ3n) is 2.04. The Hall–Kier alpha value is -1.29. The van der Waals surface area contributed by atoms with Crippen LogP contribution >= 0.6 is 12.4 Å². The fourth-order valence-corrected chi connectivity index (χ4v) is 1.42. The summed E-state index contributed by atoms with van der Waals surface area (Å²) in [6, 6.07) is 0. The van der Waals surface area contributed by atoms with E-state index in [2.05, 4.69) is 4.99 Å². The van der Waals surface area contributed by atoms with Crippen LogP contribution in [0.25, 0.3) is 0 Å². The summed E-state index contributed by atoms with van der Waals surface area (Å²) >= 11 is 0. The lowest BCUT2D eigenvalue weighted by atomic mass is 10.2. The highest BCUT2D eigenvalue weighted by molar-refractivity contribution is 5.86. The van der Waals surface area contributed by atoms with E-state index in [9.17, 15) is 4.79 Å². The molecule has 2 heterocycles. The van der Waals surface area contributed by atoms with E-state index < -0.39 is 5.60 Å². The van der Waals surface area contributed by atoms with Crippen molar-refractivity contribution in [1.82, 2.24) is 4.57 Å². The average molecular weight is 243 g/mol. The van der Waals surface area contributed by atoms with Crippen LogP contribution in [0.1, 0.15) is 31.9 Å². The zero-order chi connectivity index (χ0) is 11.1. The normalized spacial score (nSPS) is 13.2. The van der Waals surface area contributed by atoms with Gasteiger partial charge in [0.1, 0.15) is 5.60 Å². The number of fused-ring (bicyclic) bond motifs is 1. The van der Waals surface area contributed by atoms with Gasteiger partial charge in [0.05, 0.1) is 6.54 Å². The predicted molar refractivity (Wildman–Crippen MR) is 64.6 cm³/mol. The fourth-order valence-electron chi connectivity index (χ4n) is 1.42. The van der Waals surface area contributed by atoms with E-state index >= 15 is 0 Å². The first-order valence-electron chi connectivity index (χ1n) is 4.90. The van der Waals surface area contributed by atoms with Crippen molar-refractivity contribution in [2.75, 3.05) is 0 Å². The summed E-state index contributed by atoms with van der Waals surface area (Å²) in [4.78, 5) is 15.8. The van der Waals surface area contributed by atoms with Gasteiger partial charge < -0.3 is 4.74 Å². The van der Waals surface area contributed by atoms with Gasteiger partial charge in [-0.3, -0.25) is 9.56 Å². The molecule has 0 aliphatic carbocycles. The van der Waals surface area contributed by atoms with Gasteiger partial charge >= 0.3 is 6.09 Å². The van der Waals surface area contributed by atoms with Crippen LogP contribution in [0.4, 0.5) is 4.79 Å². The molecule has 4 nitrogen and oxygen atoms in total. The first-order chi connectivity index (χ1) is 6.96. The monoisotopic (exact) mass is 242 g/mol. The molecule has 0 aromatic carbocycles. The largest absolute Gasteiger partial charge is 0.443 e. The van der Waals surface area contributed by atoms with E-state index in [0.717, 1.165) is 11.1 Å². The van der Waals surface area contributed by atoms with Gasteiger partial charge in [0.2, 0.25) is 0 Å². The standard InChI is InChI=1S/C11H14N2O2.ClH/c1-11(2,3)15-10(14)13-6-8-4-12-5-9(8)7-13;/h4,6-7H,5H2,1-3H3;1H. The number of carbonyl (C=O) groups is 1. The van der Waals surface area contributed by atoms with Crippen molar-refractivity contribution in [3.05, 3.63) is 23.5 Å². The molecule has 1 aliphatic rings. The molecule has 1 aromatic heterocycles. The van der Waals surface area contributed by atoms with Gasteiger partial charge in [-0.2, -0.15) is 0 Å². The number of hydrogen-bond donors (Lipinski definition) is 0. The summed E-state index contributed by atoms with van der Waals surface area (Å²) in [5, 5.41) is 0. The minimum absolute atomic E-state index is 0. The lowest BCUT2D eigenvalue weighted by molar-refractivity contribution is 0.0537. The topological polar surface area (TPSA) is 43.6 Å². The van der Waals surface area contributed by atoms with Crippen molar-refractivity contribution in [2.45, 2.75) is 32.9 Å². The molecular formula is C11H15ClN2O2. The molecule has 0 bridgehead atoms. The molecule has 5 heteroatoms. The number of halogens is 1. The van der Waals surface area contributed by atoms with Gasteiger partial charge in [-0.05, 0) is 20.8 Å². The summed E-state index contributed by atoms with van der Waals surface area (Å²) in [5.41, 5.74) is 1.61. The van der Waals surface area contributed by atoms with Crippen LogP contribution in [-0.4, -0.2) is 22.5 Å². The Labute approximate surface area is 101 Å². The molecule has 0 radical (unpaired) electrons. The number of aliphatic imine (C=N–C) groups is 1. The lowest BCUT2D eigenvalue weighted by Gasteiger charge is -2.19. The second-order valence-corrected chi connectivity index (χ2v) is 4.60. The quantitative estimate of drug-likeness (QED) is 0.702. The Balaban J connectivity index is 0.00000128. The van der Waals surface area contributed by atoms with E-state index in [1.807, 2.05) is 20.8 Å². The highest BCUT2D eigenvalue weighted by atomic mass is 35.5. The second kappa shape index (κ2) is 4.29. The van der Waals surface area contributed by atoms with E-state index in [1.165, 1.54) is 4.57 Å². The molecular weight excluding hydrogens is 228 g/mol. The summed E-state index contributed by atoms with van der Waals surface area (Å²) in [7, 11) is 0.